The van der Waals surface area contributed by atoms with Crippen LogP contribution in [0.3, 0.4) is 0 Å². The fourth-order valence-electron chi connectivity index (χ4n) is 1.32. The summed E-state index contributed by atoms with van der Waals surface area (Å²) in [5.41, 5.74) is 12.8. The lowest BCUT2D eigenvalue weighted by Gasteiger charge is -2.10. The zero-order valence-electron chi connectivity index (χ0n) is 10.8. The van der Waals surface area contributed by atoms with Crippen LogP contribution in [-0.2, 0) is 11.5 Å². The van der Waals surface area contributed by atoms with Gasteiger partial charge in [-0.3, -0.25) is 10.8 Å². The minimum Gasteiger partial charge on any atom is -0.497 e. The first kappa shape index (κ1) is 21.9. The Kier molecular flexibility index (Phi) is 12.4. The molecule has 0 saturated carbocycles. The lowest BCUT2D eigenvalue weighted by Crippen LogP contribution is -2.06. The summed E-state index contributed by atoms with van der Waals surface area (Å²) < 4.78 is 5.17. The quantitative estimate of drug-likeness (QED) is 0.411. The maximum absolute atomic E-state index is 7.23. The van der Waals surface area contributed by atoms with Crippen molar-refractivity contribution in [1.29, 1.82) is 10.8 Å². The molecule has 0 spiro atoms. The monoisotopic (exact) mass is 444 g/mol. The van der Waals surface area contributed by atoms with Gasteiger partial charge in [0, 0.05) is 11.5 Å². The third-order valence-electron chi connectivity index (χ3n) is 2.18. The Morgan fingerprint density at radius 2 is 1.55 bits per heavy atom. The molecule has 0 aliphatic heterocycles. The van der Waals surface area contributed by atoms with Crippen molar-refractivity contribution in [3.63, 3.8) is 0 Å². The molecular weight excluding hydrogens is 428 g/mol. The van der Waals surface area contributed by atoms with Gasteiger partial charge in [-0.05, 0) is 23.3 Å². The summed E-state index contributed by atoms with van der Waals surface area (Å²) in [6, 6.07) is 5.74. The van der Waals surface area contributed by atoms with Crippen molar-refractivity contribution in [3.05, 3.63) is 29.3 Å². The lowest BCUT2D eigenvalue weighted by molar-refractivity contribution is 0.414. The molecule has 1 rings (SSSR count). The van der Waals surface area contributed by atoms with Crippen LogP contribution >= 0.6 is 57.5 Å². The second-order valence-corrected chi connectivity index (χ2v) is 5.47. The molecule has 114 valence electrons. The van der Waals surface area contributed by atoms with Crippen LogP contribution in [0.25, 0.3) is 0 Å². The fourth-order valence-corrected chi connectivity index (χ4v) is 2.49. The van der Waals surface area contributed by atoms with Gasteiger partial charge < -0.3 is 16.2 Å². The number of nitrogens with one attached hydrogen (secondary N) is 2. The topological polar surface area (TPSA) is 109 Å². The number of amidine groups is 2. The first-order chi connectivity index (χ1) is 8.52. The molecule has 0 aliphatic carbocycles. The number of methoxy groups -OCH3 is 1. The third-order valence-corrected chi connectivity index (χ3v) is 3.71. The Labute approximate surface area is 148 Å². The van der Waals surface area contributed by atoms with Crippen LogP contribution in [0.5, 0.6) is 5.75 Å². The van der Waals surface area contributed by atoms with E-state index in [-0.39, 0.29) is 44.3 Å². The molecule has 5 nitrogen and oxygen atoms in total. The molecule has 0 radical (unpaired) electrons. The number of hydrogen-bond donors (Lipinski definition) is 4. The summed E-state index contributed by atoms with van der Waals surface area (Å²) in [4.78, 5) is 0. The average molecular weight is 446 g/mol. The van der Waals surface area contributed by atoms with Crippen LogP contribution in [-0.4, -0.2) is 17.4 Å². The van der Waals surface area contributed by atoms with E-state index < -0.39 is 0 Å². The minimum atomic E-state index is 0. The van der Waals surface area contributed by atoms with E-state index in [4.69, 9.17) is 27.0 Å². The van der Waals surface area contributed by atoms with Gasteiger partial charge in [0.2, 0.25) is 0 Å². The molecule has 0 aromatic heterocycles. The van der Waals surface area contributed by atoms with Gasteiger partial charge >= 0.3 is 0 Å². The van der Waals surface area contributed by atoms with Crippen LogP contribution in [0, 0.1) is 10.8 Å². The Morgan fingerprint density at radius 1 is 1.05 bits per heavy atom. The highest BCUT2D eigenvalue weighted by Gasteiger charge is 2.07. The SMILES string of the molecule is Br.Br.COc1ccc(CSC(=N)N)c(CSC(=N)N)c1. The van der Waals surface area contributed by atoms with E-state index in [0.717, 1.165) is 16.9 Å². The van der Waals surface area contributed by atoms with Crippen molar-refractivity contribution in [3.8, 4) is 5.75 Å². The average Bonchev–Trinajstić information content (AvgIpc) is 2.34. The first-order valence-electron chi connectivity index (χ1n) is 5.12. The number of nitrogens with two attached hydrogens (primary N) is 2. The summed E-state index contributed by atoms with van der Waals surface area (Å²) in [7, 11) is 1.61. The predicted octanol–water partition coefficient (Wildman–Crippen LogP) is 3.10. The first-order valence-corrected chi connectivity index (χ1v) is 7.09. The molecule has 0 bridgehead atoms. The van der Waals surface area contributed by atoms with Gasteiger partial charge in [0.1, 0.15) is 5.75 Å². The zero-order chi connectivity index (χ0) is 13.5. The van der Waals surface area contributed by atoms with Crippen molar-refractivity contribution in [2.45, 2.75) is 11.5 Å². The van der Waals surface area contributed by atoms with Gasteiger partial charge in [-0.15, -0.1) is 34.0 Å². The Hall–Kier alpha value is -0.380. The van der Waals surface area contributed by atoms with E-state index in [1.165, 1.54) is 23.5 Å². The second-order valence-electron chi connectivity index (χ2n) is 3.44. The van der Waals surface area contributed by atoms with Gasteiger partial charge in [0.05, 0.1) is 7.11 Å². The van der Waals surface area contributed by atoms with Crippen LogP contribution in [0.2, 0.25) is 0 Å². The van der Waals surface area contributed by atoms with Gasteiger partial charge in [-0.2, -0.15) is 0 Å². The molecule has 1 aromatic rings. The van der Waals surface area contributed by atoms with Crippen LogP contribution in [0.15, 0.2) is 18.2 Å². The third kappa shape index (κ3) is 8.03. The molecular formula is C11H18Br2N4OS2. The molecule has 0 unspecified atom stereocenters. The summed E-state index contributed by atoms with van der Waals surface area (Å²) in [6.07, 6.45) is 0. The fraction of sp³-hybridized carbons (Fsp3) is 0.273. The molecule has 20 heavy (non-hydrogen) atoms. The van der Waals surface area contributed by atoms with E-state index in [1.807, 2.05) is 18.2 Å². The molecule has 0 atom stereocenters. The van der Waals surface area contributed by atoms with E-state index in [0.29, 0.717) is 11.5 Å². The zero-order valence-corrected chi connectivity index (χ0v) is 15.9. The molecule has 6 N–H and O–H groups in total. The number of halogens is 2. The highest BCUT2D eigenvalue weighted by atomic mass is 79.9. The smallest absolute Gasteiger partial charge is 0.151 e. The molecule has 0 aliphatic rings. The van der Waals surface area contributed by atoms with Gasteiger partial charge in [0.15, 0.2) is 10.3 Å². The molecule has 0 amide bonds. The molecule has 9 heteroatoms. The highest BCUT2D eigenvalue weighted by Crippen LogP contribution is 2.25. The van der Waals surface area contributed by atoms with E-state index in [2.05, 4.69) is 0 Å². The van der Waals surface area contributed by atoms with Crippen molar-refractivity contribution in [1.82, 2.24) is 0 Å². The predicted molar refractivity (Wildman–Crippen MR) is 100 cm³/mol. The van der Waals surface area contributed by atoms with Crippen molar-refractivity contribution < 1.29 is 4.74 Å². The normalized spacial score (nSPS) is 9.05. The van der Waals surface area contributed by atoms with Gasteiger partial charge in [-0.1, -0.05) is 29.6 Å². The summed E-state index contributed by atoms with van der Waals surface area (Å²) in [5, 5.41) is 14.6. The standard InChI is InChI=1S/C11H16N4OS2.2BrH/c1-16-9-3-2-7(5-17-10(12)13)8(4-9)6-18-11(14)15;;/h2-4H,5-6H2,1H3,(H3,12,13)(H3,14,15);2*1H. The number of ether oxygens (including phenoxy) is 1. The Balaban J connectivity index is 0. The molecule has 0 fully saturated rings. The Morgan fingerprint density at radius 3 is 2.00 bits per heavy atom. The van der Waals surface area contributed by atoms with Crippen molar-refractivity contribution >= 4 is 67.8 Å². The maximum atomic E-state index is 7.23. The number of rotatable bonds is 5. The van der Waals surface area contributed by atoms with E-state index in [1.54, 1.807) is 7.11 Å². The van der Waals surface area contributed by atoms with E-state index in [9.17, 15) is 0 Å². The van der Waals surface area contributed by atoms with Gasteiger partial charge in [-0.25, -0.2) is 0 Å². The van der Waals surface area contributed by atoms with Crippen LogP contribution < -0.4 is 16.2 Å². The van der Waals surface area contributed by atoms with E-state index >= 15 is 0 Å². The van der Waals surface area contributed by atoms with Crippen LogP contribution in [0.1, 0.15) is 11.1 Å². The molecule has 1 aromatic carbocycles. The van der Waals surface area contributed by atoms with Crippen molar-refractivity contribution in [2.24, 2.45) is 11.5 Å². The Bertz CT molecular complexity index is 460. The largest absolute Gasteiger partial charge is 0.497 e. The van der Waals surface area contributed by atoms with Gasteiger partial charge in [0.25, 0.3) is 0 Å². The summed E-state index contributed by atoms with van der Waals surface area (Å²) >= 11 is 2.54. The maximum Gasteiger partial charge on any atom is 0.151 e. The minimum absolute atomic E-state index is 0. The highest BCUT2D eigenvalue weighted by molar-refractivity contribution is 8.93. The molecule has 0 saturated heterocycles. The van der Waals surface area contributed by atoms with Crippen molar-refractivity contribution in [2.75, 3.05) is 7.11 Å². The number of thioether (sulfide) groups is 2. The molecule has 0 heterocycles. The lowest BCUT2D eigenvalue weighted by atomic mass is 10.1. The number of benzene rings is 1. The summed E-state index contributed by atoms with van der Waals surface area (Å²) in [6.45, 7) is 0. The number of hydrogen-bond acceptors (Lipinski definition) is 5. The van der Waals surface area contributed by atoms with Crippen LogP contribution in [0.4, 0.5) is 0 Å². The summed E-state index contributed by atoms with van der Waals surface area (Å²) in [5.74, 6) is 2.01. The second kappa shape index (κ2) is 11.3.